The number of nitrogens with one attached hydrogen (secondary N) is 1. The first-order valence-corrected chi connectivity index (χ1v) is 8.79. The van der Waals surface area contributed by atoms with Crippen LogP contribution in [0.25, 0.3) is 0 Å². The number of hydrogen-bond donors (Lipinski definition) is 2. The van der Waals surface area contributed by atoms with Crippen LogP contribution in [0.3, 0.4) is 0 Å². The summed E-state index contributed by atoms with van der Waals surface area (Å²) >= 11 is 0. The summed E-state index contributed by atoms with van der Waals surface area (Å²) in [6.07, 6.45) is 6.39. The maximum Gasteiger partial charge on any atom is 0.226 e. The molecule has 2 aliphatic rings. The number of benzene rings is 1. The first-order valence-electron chi connectivity index (χ1n) is 8.79. The second-order valence-corrected chi connectivity index (χ2v) is 7.16. The third kappa shape index (κ3) is 3.23. The second-order valence-electron chi connectivity index (χ2n) is 7.16. The maximum absolute atomic E-state index is 13.0. The zero-order valence-corrected chi connectivity index (χ0v) is 14.0. The average molecular weight is 316 g/mol. The molecule has 3 rings (SSSR count). The van der Waals surface area contributed by atoms with E-state index >= 15 is 0 Å². The molecule has 0 aromatic heterocycles. The zero-order chi connectivity index (χ0) is 16.3. The Bertz CT molecular complexity index is 560. The predicted octanol–water partition coefficient (Wildman–Crippen LogP) is 2.51. The predicted molar refractivity (Wildman–Crippen MR) is 91.3 cm³/mol. The van der Waals surface area contributed by atoms with Gasteiger partial charge in [-0.3, -0.25) is 4.79 Å². The van der Waals surface area contributed by atoms with Gasteiger partial charge in [0.05, 0.1) is 12.5 Å². The minimum atomic E-state index is -0.232. The average Bonchev–Trinajstić information content (AvgIpc) is 3.16. The highest BCUT2D eigenvalue weighted by Crippen LogP contribution is 2.57. The van der Waals surface area contributed by atoms with Crippen LogP contribution < -0.4 is 15.8 Å². The van der Waals surface area contributed by atoms with Crippen LogP contribution in [0.5, 0.6) is 5.75 Å². The minimum absolute atomic E-state index is 0.232. The molecule has 0 saturated heterocycles. The second kappa shape index (κ2) is 6.91. The summed E-state index contributed by atoms with van der Waals surface area (Å²) in [6, 6.07) is 8.16. The highest BCUT2D eigenvalue weighted by Gasteiger charge is 2.55. The van der Waals surface area contributed by atoms with Gasteiger partial charge in [0.1, 0.15) is 5.75 Å². The molecule has 3 N–H and O–H groups in total. The Labute approximate surface area is 138 Å². The van der Waals surface area contributed by atoms with Gasteiger partial charge in [0.2, 0.25) is 5.91 Å². The number of ether oxygens (including phenoxy) is 1. The molecule has 1 aromatic carbocycles. The monoisotopic (exact) mass is 316 g/mol. The van der Waals surface area contributed by atoms with Crippen molar-refractivity contribution >= 4 is 5.91 Å². The Morgan fingerprint density at radius 1 is 1.43 bits per heavy atom. The first-order chi connectivity index (χ1) is 11.2. The number of hydrogen-bond acceptors (Lipinski definition) is 3. The first kappa shape index (κ1) is 16.3. The Morgan fingerprint density at radius 2 is 2.30 bits per heavy atom. The molecular weight excluding hydrogens is 288 g/mol. The van der Waals surface area contributed by atoms with E-state index in [1.165, 1.54) is 24.8 Å². The van der Waals surface area contributed by atoms with E-state index in [2.05, 4.69) is 17.4 Å². The van der Waals surface area contributed by atoms with Gasteiger partial charge in [-0.15, -0.1) is 0 Å². The summed E-state index contributed by atoms with van der Waals surface area (Å²) in [5, 5.41) is 3.15. The number of amides is 1. The fraction of sp³-hybridized carbons (Fsp3) is 0.632. The highest BCUT2D eigenvalue weighted by atomic mass is 16.5. The lowest BCUT2D eigenvalue weighted by molar-refractivity contribution is -0.134. The van der Waals surface area contributed by atoms with Crippen molar-refractivity contribution in [3.8, 4) is 5.75 Å². The molecule has 4 nitrogen and oxygen atoms in total. The molecule has 1 aromatic rings. The molecule has 2 aliphatic carbocycles. The largest absolute Gasteiger partial charge is 0.497 e. The van der Waals surface area contributed by atoms with Crippen LogP contribution in [0.15, 0.2) is 24.3 Å². The third-order valence-electron chi connectivity index (χ3n) is 5.75. The molecule has 0 heterocycles. The standard InChI is InChI=1S/C19H28N2O2/c1-23-17-5-2-4-14(11-17)12-19(18(22)21-9-3-8-20)13-15-6-7-16(19)10-15/h2,4-5,11,15-16H,3,6-10,12-13,20H2,1H3,(H,21,22). The Balaban J connectivity index is 1.80. The van der Waals surface area contributed by atoms with Gasteiger partial charge in [0.15, 0.2) is 0 Å². The fourth-order valence-corrected chi connectivity index (χ4v) is 4.65. The number of methoxy groups -OCH3 is 1. The normalized spacial score (nSPS) is 28.8. The van der Waals surface area contributed by atoms with Crippen LogP contribution in [-0.4, -0.2) is 26.1 Å². The van der Waals surface area contributed by atoms with Crippen LogP contribution in [0.1, 0.15) is 37.7 Å². The molecule has 3 atom stereocenters. The SMILES string of the molecule is COc1cccc(CC2(C(=O)NCCCN)CC3CCC2C3)c1. The van der Waals surface area contributed by atoms with Gasteiger partial charge < -0.3 is 15.8 Å². The quantitative estimate of drug-likeness (QED) is 0.760. The van der Waals surface area contributed by atoms with Crippen molar-refractivity contribution in [2.45, 2.75) is 38.5 Å². The topological polar surface area (TPSA) is 64.3 Å². The molecule has 4 heteroatoms. The van der Waals surface area contributed by atoms with Crippen LogP contribution in [-0.2, 0) is 11.2 Å². The van der Waals surface area contributed by atoms with E-state index in [1.54, 1.807) is 7.11 Å². The van der Waals surface area contributed by atoms with Crippen molar-refractivity contribution in [3.63, 3.8) is 0 Å². The van der Waals surface area contributed by atoms with Gasteiger partial charge in [-0.25, -0.2) is 0 Å². The van der Waals surface area contributed by atoms with E-state index in [0.29, 0.717) is 19.0 Å². The van der Waals surface area contributed by atoms with Crippen molar-refractivity contribution in [3.05, 3.63) is 29.8 Å². The van der Waals surface area contributed by atoms with Gasteiger partial charge in [0.25, 0.3) is 0 Å². The van der Waals surface area contributed by atoms with Gasteiger partial charge in [0, 0.05) is 6.54 Å². The van der Waals surface area contributed by atoms with Crippen molar-refractivity contribution in [1.82, 2.24) is 5.32 Å². The lowest BCUT2D eigenvalue weighted by Gasteiger charge is -2.36. The summed E-state index contributed by atoms with van der Waals surface area (Å²) in [6.45, 7) is 1.31. The van der Waals surface area contributed by atoms with Gasteiger partial charge in [-0.1, -0.05) is 18.6 Å². The smallest absolute Gasteiger partial charge is 0.226 e. The summed E-state index contributed by atoms with van der Waals surface area (Å²) < 4.78 is 5.34. The fourth-order valence-electron chi connectivity index (χ4n) is 4.65. The van der Waals surface area contributed by atoms with E-state index in [1.807, 2.05) is 12.1 Å². The van der Waals surface area contributed by atoms with E-state index < -0.39 is 0 Å². The number of carbonyl (C=O) groups is 1. The van der Waals surface area contributed by atoms with Crippen LogP contribution in [0.4, 0.5) is 0 Å². The van der Waals surface area contributed by atoms with Crippen LogP contribution in [0, 0.1) is 17.3 Å². The number of carbonyl (C=O) groups excluding carboxylic acids is 1. The minimum Gasteiger partial charge on any atom is -0.497 e. The lowest BCUT2D eigenvalue weighted by atomic mass is 9.68. The number of nitrogens with two attached hydrogens (primary N) is 1. The van der Waals surface area contributed by atoms with E-state index in [9.17, 15) is 4.79 Å². The summed E-state index contributed by atoms with van der Waals surface area (Å²) in [4.78, 5) is 13.0. The molecule has 0 spiro atoms. The molecule has 2 fully saturated rings. The molecule has 1 amide bonds. The van der Waals surface area contributed by atoms with E-state index in [0.717, 1.165) is 30.9 Å². The van der Waals surface area contributed by atoms with Crippen molar-refractivity contribution in [1.29, 1.82) is 0 Å². The molecule has 3 unspecified atom stereocenters. The molecule has 2 bridgehead atoms. The number of rotatable bonds is 7. The van der Waals surface area contributed by atoms with E-state index in [-0.39, 0.29) is 11.3 Å². The molecule has 126 valence electrons. The highest BCUT2D eigenvalue weighted by molar-refractivity contribution is 5.84. The third-order valence-corrected chi connectivity index (χ3v) is 5.75. The molecule has 23 heavy (non-hydrogen) atoms. The Morgan fingerprint density at radius 3 is 2.96 bits per heavy atom. The Kier molecular flexibility index (Phi) is 4.90. The summed E-state index contributed by atoms with van der Waals surface area (Å²) in [5.74, 6) is 2.35. The van der Waals surface area contributed by atoms with Crippen LogP contribution >= 0.6 is 0 Å². The number of fused-ring (bicyclic) bond motifs is 2. The summed E-state index contributed by atoms with van der Waals surface area (Å²) in [7, 11) is 1.69. The molecular formula is C19H28N2O2. The van der Waals surface area contributed by atoms with Crippen molar-refractivity contribution in [2.24, 2.45) is 23.0 Å². The lowest BCUT2D eigenvalue weighted by Crippen LogP contribution is -2.46. The van der Waals surface area contributed by atoms with Gasteiger partial charge in [-0.2, -0.15) is 0 Å². The summed E-state index contributed by atoms with van der Waals surface area (Å²) in [5.41, 5.74) is 6.52. The van der Waals surface area contributed by atoms with Crippen molar-refractivity contribution in [2.75, 3.05) is 20.2 Å². The molecule has 2 saturated carbocycles. The molecule has 0 aliphatic heterocycles. The molecule has 0 radical (unpaired) electrons. The van der Waals surface area contributed by atoms with Crippen molar-refractivity contribution < 1.29 is 9.53 Å². The zero-order valence-electron chi connectivity index (χ0n) is 14.0. The Hall–Kier alpha value is -1.55. The van der Waals surface area contributed by atoms with Gasteiger partial charge >= 0.3 is 0 Å². The van der Waals surface area contributed by atoms with Crippen LogP contribution in [0.2, 0.25) is 0 Å². The maximum atomic E-state index is 13.0. The van der Waals surface area contributed by atoms with Gasteiger partial charge in [-0.05, 0) is 68.2 Å². The van der Waals surface area contributed by atoms with E-state index in [4.69, 9.17) is 10.5 Å².